The molecule has 0 radical (unpaired) electrons. The van der Waals surface area contributed by atoms with Crippen LogP contribution in [0.3, 0.4) is 0 Å². The highest BCUT2D eigenvalue weighted by Crippen LogP contribution is 2.13. The maximum absolute atomic E-state index is 5.47. The van der Waals surface area contributed by atoms with Crippen molar-refractivity contribution in [2.75, 3.05) is 11.1 Å². The lowest BCUT2D eigenvalue weighted by Crippen LogP contribution is -2.16. The molecular formula is C9H12N4. The number of nitrogens with one attached hydrogen (secondary N) is 1. The maximum atomic E-state index is 5.47. The van der Waals surface area contributed by atoms with Gasteiger partial charge in [0.1, 0.15) is 0 Å². The molecule has 0 aliphatic heterocycles. The minimum absolute atomic E-state index is 0.448. The van der Waals surface area contributed by atoms with E-state index in [1.54, 1.807) is 12.4 Å². The van der Waals surface area contributed by atoms with Gasteiger partial charge in [-0.1, -0.05) is 12.2 Å². The van der Waals surface area contributed by atoms with E-state index < -0.39 is 0 Å². The number of hydrogen-bond acceptors (Lipinski definition) is 4. The summed E-state index contributed by atoms with van der Waals surface area (Å²) in [4.78, 5) is 8.13. The zero-order valence-electron chi connectivity index (χ0n) is 7.27. The lowest BCUT2D eigenvalue weighted by atomic mass is 10.2. The first-order valence-electron chi connectivity index (χ1n) is 4.33. The van der Waals surface area contributed by atoms with Crippen molar-refractivity contribution in [2.45, 2.75) is 18.9 Å². The molecule has 0 saturated heterocycles. The molecule has 2 rings (SSSR count). The van der Waals surface area contributed by atoms with Crippen molar-refractivity contribution in [3.05, 3.63) is 24.5 Å². The van der Waals surface area contributed by atoms with Crippen molar-refractivity contribution in [1.82, 2.24) is 9.97 Å². The largest absolute Gasteiger partial charge is 0.396 e. The average Bonchev–Trinajstić information content (AvgIpc) is 2.62. The summed E-state index contributed by atoms with van der Waals surface area (Å²) >= 11 is 0. The summed E-state index contributed by atoms with van der Waals surface area (Å²) in [5.41, 5.74) is 6.06. The second-order valence-corrected chi connectivity index (χ2v) is 3.12. The van der Waals surface area contributed by atoms with Gasteiger partial charge in [0.2, 0.25) is 5.95 Å². The molecule has 4 heteroatoms. The fourth-order valence-corrected chi connectivity index (χ4v) is 1.33. The van der Waals surface area contributed by atoms with Gasteiger partial charge in [0.05, 0.1) is 18.1 Å². The molecule has 1 aromatic heterocycles. The third-order valence-corrected chi connectivity index (χ3v) is 2.01. The Morgan fingerprint density at radius 2 is 1.85 bits per heavy atom. The number of nitrogens with zero attached hydrogens (tertiary/aromatic N) is 2. The van der Waals surface area contributed by atoms with E-state index in [1.165, 1.54) is 0 Å². The summed E-state index contributed by atoms with van der Waals surface area (Å²) in [5, 5.41) is 3.23. The first kappa shape index (κ1) is 8.04. The van der Waals surface area contributed by atoms with E-state index in [4.69, 9.17) is 5.73 Å². The molecule has 1 aliphatic rings. The Labute approximate surface area is 76.9 Å². The summed E-state index contributed by atoms with van der Waals surface area (Å²) in [5.74, 6) is 0.655. The van der Waals surface area contributed by atoms with Gasteiger partial charge in [0.25, 0.3) is 0 Å². The Morgan fingerprint density at radius 1 is 1.23 bits per heavy atom. The van der Waals surface area contributed by atoms with Gasteiger partial charge < -0.3 is 11.1 Å². The topological polar surface area (TPSA) is 63.8 Å². The third-order valence-electron chi connectivity index (χ3n) is 2.01. The van der Waals surface area contributed by atoms with Crippen LogP contribution in [0.1, 0.15) is 12.8 Å². The number of hydrogen-bond donors (Lipinski definition) is 2. The normalized spacial score (nSPS) is 16.3. The highest BCUT2D eigenvalue weighted by Gasteiger charge is 2.10. The first-order valence-corrected chi connectivity index (χ1v) is 4.33. The summed E-state index contributed by atoms with van der Waals surface area (Å²) in [6, 6.07) is 0.448. The SMILES string of the molecule is Nc1cnc(NC2CC=CC2)nc1. The molecule has 4 nitrogen and oxygen atoms in total. The van der Waals surface area contributed by atoms with Gasteiger partial charge >= 0.3 is 0 Å². The second kappa shape index (κ2) is 3.43. The molecule has 0 spiro atoms. The molecule has 1 aromatic rings. The van der Waals surface area contributed by atoms with Crippen molar-refractivity contribution >= 4 is 11.6 Å². The quantitative estimate of drug-likeness (QED) is 0.664. The van der Waals surface area contributed by atoms with Gasteiger partial charge in [0.15, 0.2) is 0 Å². The molecule has 0 bridgehead atoms. The maximum Gasteiger partial charge on any atom is 0.222 e. The molecule has 0 amide bonds. The molecular weight excluding hydrogens is 164 g/mol. The van der Waals surface area contributed by atoms with Crippen LogP contribution in [0, 0.1) is 0 Å². The Bertz CT molecular complexity index is 296. The second-order valence-electron chi connectivity index (χ2n) is 3.12. The van der Waals surface area contributed by atoms with Crippen LogP contribution in [-0.2, 0) is 0 Å². The van der Waals surface area contributed by atoms with E-state index >= 15 is 0 Å². The average molecular weight is 176 g/mol. The van der Waals surface area contributed by atoms with Crippen molar-refractivity contribution in [1.29, 1.82) is 0 Å². The van der Waals surface area contributed by atoms with E-state index in [1.807, 2.05) is 0 Å². The first-order chi connectivity index (χ1) is 6.34. The fraction of sp³-hybridized carbons (Fsp3) is 0.333. The van der Waals surface area contributed by atoms with Crippen LogP contribution in [0.15, 0.2) is 24.5 Å². The molecule has 3 N–H and O–H groups in total. The summed E-state index contributed by atoms with van der Waals surface area (Å²) in [6.45, 7) is 0. The third kappa shape index (κ3) is 1.96. The zero-order chi connectivity index (χ0) is 9.10. The van der Waals surface area contributed by atoms with E-state index in [-0.39, 0.29) is 0 Å². The summed E-state index contributed by atoms with van der Waals surface area (Å²) < 4.78 is 0. The summed E-state index contributed by atoms with van der Waals surface area (Å²) in [6.07, 6.45) is 9.64. The lowest BCUT2D eigenvalue weighted by Gasteiger charge is -2.10. The number of anilines is 2. The Morgan fingerprint density at radius 3 is 2.46 bits per heavy atom. The molecule has 1 aliphatic carbocycles. The van der Waals surface area contributed by atoms with Crippen LogP contribution in [0.5, 0.6) is 0 Å². The van der Waals surface area contributed by atoms with Gasteiger partial charge in [-0.15, -0.1) is 0 Å². The molecule has 0 fully saturated rings. The summed E-state index contributed by atoms with van der Waals surface area (Å²) in [7, 11) is 0. The van der Waals surface area contributed by atoms with Gasteiger partial charge in [-0.05, 0) is 12.8 Å². The predicted octanol–water partition coefficient (Wildman–Crippen LogP) is 1.19. The molecule has 0 aromatic carbocycles. The number of nitrogen functional groups attached to an aromatic ring is 1. The van der Waals surface area contributed by atoms with Crippen molar-refractivity contribution in [2.24, 2.45) is 0 Å². The van der Waals surface area contributed by atoms with Crippen LogP contribution < -0.4 is 11.1 Å². The van der Waals surface area contributed by atoms with Crippen LogP contribution in [0.25, 0.3) is 0 Å². The van der Waals surface area contributed by atoms with Crippen molar-refractivity contribution < 1.29 is 0 Å². The van der Waals surface area contributed by atoms with Crippen LogP contribution in [0.2, 0.25) is 0 Å². The molecule has 0 saturated carbocycles. The minimum atomic E-state index is 0.448. The Hall–Kier alpha value is -1.58. The van der Waals surface area contributed by atoms with Crippen LogP contribution in [-0.4, -0.2) is 16.0 Å². The zero-order valence-corrected chi connectivity index (χ0v) is 7.27. The molecule has 13 heavy (non-hydrogen) atoms. The monoisotopic (exact) mass is 176 g/mol. The molecule has 0 atom stereocenters. The van der Waals surface area contributed by atoms with Crippen LogP contribution in [0.4, 0.5) is 11.6 Å². The fourth-order valence-electron chi connectivity index (χ4n) is 1.33. The number of nitrogens with two attached hydrogens (primary N) is 1. The van der Waals surface area contributed by atoms with Crippen molar-refractivity contribution in [3.63, 3.8) is 0 Å². The van der Waals surface area contributed by atoms with E-state index in [0.717, 1.165) is 12.8 Å². The molecule has 0 unspecified atom stereocenters. The highest BCUT2D eigenvalue weighted by molar-refractivity contribution is 5.36. The highest BCUT2D eigenvalue weighted by atomic mass is 15.1. The van der Waals surface area contributed by atoms with Crippen molar-refractivity contribution in [3.8, 4) is 0 Å². The van der Waals surface area contributed by atoms with E-state index in [0.29, 0.717) is 17.7 Å². The van der Waals surface area contributed by atoms with Gasteiger partial charge in [-0.2, -0.15) is 0 Å². The van der Waals surface area contributed by atoms with Gasteiger partial charge in [-0.3, -0.25) is 0 Å². The number of rotatable bonds is 2. The Balaban J connectivity index is 1.97. The van der Waals surface area contributed by atoms with Gasteiger partial charge in [0, 0.05) is 6.04 Å². The lowest BCUT2D eigenvalue weighted by molar-refractivity contribution is 0.773. The van der Waals surface area contributed by atoms with E-state index in [9.17, 15) is 0 Å². The molecule has 68 valence electrons. The minimum Gasteiger partial charge on any atom is -0.396 e. The smallest absolute Gasteiger partial charge is 0.222 e. The van der Waals surface area contributed by atoms with Gasteiger partial charge in [-0.25, -0.2) is 9.97 Å². The standard InChI is InChI=1S/C9H12N4/c10-7-5-11-9(12-6-7)13-8-3-1-2-4-8/h1-2,5-6,8H,3-4,10H2,(H,11,12,13). The molecule has 1 heterocycles. The number of aromatic nitrogens is 2. The van der Waals surface area contributed by atoms with Crippen LogP contribution >= 0.6 is 0 Å². The Kier molecular flexibility index (Phi) is 2.12. The van der Waals surface area contributed by atoms with E-state index in [2.05, 4.69) is 27.4 Å². The predicted molar refractivity (Wildman–Crippen MR) is 52.2 cm³/mol.